The average molecular weight is 389 g/mol. The third-order valence-corrected chi connectivity index (χ3v) is 4.50. The van der Waals surface area contributed by atoms with E-state index in [9.17, 15) is 4.39 Å². The van der Waals surface area contributed by atoms with Crippen molar-refractivity contribution in [3.05, 3.63) is 71.7 Å². The lowest BCUT2D eigenvalue weighted by atomic mass is 10.1. The number of nitrogens with one attached hydrogen (secondary N) is 1. The highest BCUT2D eigenvalue weighted by atomic mass is 19.1. The first-order valence-electron chi connectivity index (χ1n) is 9.18. The van der Waals surface area contributed by atoms with Crippen LogP contribution in [-0.2, 0) is 18.0 Å². The van der Waals surface area contributed by atoms with Gasteiger partial charge in [0.1, 0.15) is 19.1 Å². The summed E-state index contributed by atoms with van der Waals surface area (Å²) in [6.45, 7) is 1.77. The highest BCUT2D eigenvalue weighted by Crippen LogP contribution is 2.27. The van der Waals surface area contributed by atoms with Crippen LogP contribution in [0.1, 0.15) is 17.0 Å². The zero-order chi connectivity index (χ0) is 20.2. The molecule has 0 bridgehead atoms. The first kappa shape index (κ1) is 18.9. The maximum atomic E-state index is 12.8. The molecule has 29 heavy (non-hydrogen) atoms. The number of fused-ring (bicyclic) bond motifs is 1. The Morgan fingerprint density at radius 2 is 1.83 bits per heavy atom. The van der Waals surface area contributed by atoms with Gasteiger partial charge in [-0.05, 0) is 48.4 Å². The van der Waals surface area contributed by atoms with E-state index >= 15 is 0 Å². The standard InChI is InChI=1S/C22H20FN5O/c1-14-4-3-11-24-20(14)18-10-9-17-21(25-16-7-5-15(12-23)6-8-16)27-19(13-29-2)28-22(17)26-18/h3-11H,12-13H2,1-2H3,(H,25,26,27,28). The van der Waals surface area contributed by atoms with Crippen molar-refractivity contribution < 1.29 is 9.13 Å². The Morgan fingerprint density at radius 1 is 1.00 bits per heavy atom. The normalized spacial score (nSPS) is 11.0. The predicted molar refractivity (Wildman–Crippen MR) is 111 cm³/mol. The molecule has 0 unspecified atom stereocenters. The molecule has 4 aromatic rings. The summed E-state index contributed by atoms with van der Waals surface area (Å²) in [5.74, 6) is 1.14. The number of rotatable bonds is 6. The largest absolute Gasteiger partial charge is 0.377 e. The summed E-state index contributed by atoms with van der Waals surface area (Å²) >= 11 is 0. The number of alkyl halides is 1. The van der Waals surface area contributed by atoms with Gasteiger partial charge in [0.2, 0.25) is 0 Å². The Hall–Kier alpha value is -3.45. The summed E-state index contributed by atoms with van der Waals surface area (Å²) in [7, 11) is 1.59. The highest BCUT2D eigenvalue weighted by molar-refractivity contribution is 5.90. The Kier molecular flexibility index (Phi) is 5.39. The Morgan fingerprint density at radius 3 is 2.55 bits per heavy atom. The van der Waals surface area contributed by atoms with E-state index < -0.39 is 6.67 Å². The number of aryl methyl sites for hydroxylation is 1. The number of aromatic nitrogens is 4. The maximum Gasteiger partial charge on any atom is 0.165 e. The smallest absolute Gasteiger partial charge is 0.165 e. The lowest BCUT2D eigenvalue weighted by Gasteiger charge is -2.12. The van der Waals surface area contributed by atoms with Crippen LogP contribution in [0.25, 0.3) is 22.4 Å². The molecule has 146 valence electrons. The average Bonchev–Trinajstić information content (AvgIpc) is 2.74. The van der Waals surface area contributed by atoms with Gasteiger partial charge in [0.15, 0.2) is 11.5 Å². The third kappa shape index (κ3) is 4.05. The van der Waals surface area contributed by atoms with Crippen molar-refractivity contribution in [3.63, 3.8) is 0 Å². The Labute approximate surface area is 167 Å². The van der Waals surface area contributed by atoms with E-state index in [1.807, 2.05) is 43.3 Å². The molecular formula is C22H20FN5O. The van der Waals surface area contributed by atoms with Crippen LogP contribution >= 0.6 is 0 Å². The van der Waals surface area contributed by atoms with Gasteiger partial charge >= 0.3 is 0 Å². The van der Waals surface area contributed by atoms with Crippen molar-refractivity contribution in [2.45, 2.75) is 20.2 Å². The molecule has 6 nitrogen and oxygen atoms in total. The van der Waals surface area contributed by atoms with Crippen molar-refractivity contribution in [2.24, 2.45) is 0 Å². The molecule has 0 spiro atoms. The quantitative estimate of drug-likeness (QED) is 0.513. The SMILES string of the molecule is COCc1nc(Nc2ccc(CF)cc2)c2ccc(-c3ncccc3C)nc2n1. The van der Waals surface area contributed by atoms with Gasteiger partial charge in [-0.1, -0.05) is 18.2 Å². The van der Waals surface area contributed by atoms with Crippen LogP contribution in [-0.4, -0.2) is 27.0 Å². The monoisotopic (exact) mass is 389 g/mol. The number of benzene rings is 1. The van der Waals surface area contributed by atoms with Crippen LogP contribution in [0.3, 0.4) is 0 Å². The van der Waals surface area contributed by atoms with Crippen molar-refractivity contribution in [1.29, 1.82) is 0 Å². The Bertz CT molecular complexity index is 1150. The fourth-order valence-electron chi connectivity index (χ4n) is 3.04. The molecule has 0 amide bonds. The minimum Gasteiger partial charge on any atom is -0.377 e. The second kappa shape index (κ2) is 8.28. The van der Waals surface area contributed by atoms with Crippen molar-refractivity contribution in [2.75, 3.05) is 12.4 Å². The molecule has 1 aromatic carbocycles. The van der Waals surface area contributed by atoms with Gasteiger partial charge in [0, 0.05) is 19.0 Å². The second-order valence-corrected chi connectivity index (χ2v) is 6.61. The maximum absolute atomic E-state index is 12.8. The van der Waals surface area contributed by atoms with E-state index in [0.29, 0.717) is 22.9 Å². The zero-order valence-corrected chi connectivity index (χ0v) is 16.2. The van der Waals surface area contributed by atoms with Gasteiger partial charge in [0.25, 0.3) is 0 Å². The van der Waals surface area contributed by atoms with Crippen molar-refractivity contribution >= 4 is 22.5 Å². The molecular weight excluding hydrogens is 369 g/mol. The summed E-state index contributed by atoms with van der Waals surface area (Å²) in [6.07, 6.45) is 1.75. The molecule has 0 aliphatic rings. The summed E-state index contributed by atoms with van der Waals surface area (Å²) in [5, 5.41) is 4.06. The number of anilines is 2. The van der Waals surface area contributed by atoms with Crippen LogP contribution < -0.4 is 5.32 Å². The predicted octanol–water partition coefficient (Wildman–Crippen LogP) is 4.75. The number of methoxy groups -OCH3 is 1. The summed E-state index contributed by atoms with van der Waals surface area (Å²) in [4.78, 5) is 18.3. The van der Waals surface area contributed by atoms with Gasteiger partial charge in [-0.2, -0.15) is 0 Å². The molecule has 0 saturated carbocycles. The van der Waals surface area contributed by atoms with Crippen molar-refractivity contribution in [3.8, 4) is 11.4 Å². The summed E-state index contributed by atoms with van der Waals surface area (Å²) in [5.41, 5.74) is 4.58. The molecule has 0 fully saturated rings. The number of nitrogens with zero attached hydrogens (tertiary/aromatic N) is 4. The number of hydrogen-bond acceptors (Lipinski definition) is 6. The van der Waals surface area contributed by atoms with E-state index in [4.69, 9.17) is 9.72 Å². The van der Waals surface area contributed by atoms with Crippen LogP contribution in [0, 0.1) is 6.92 Å². The van der Waals surface area contributed by atoms with E-state index in [1.54, 1.807) is 25.4 Å². The molecule has 0 aliphatic heterocycles. The molecule has 0 saturated heterocycles. The number of ether oxygens (including phenoxy) is 1. The van der Waals surface area contributed by atoms with E-state index in [0.717, 1.165) is 28.0 Å². The molecule has 0 radical (unpaired) electrons. The first-order chi connectivity index (χ1) is 14.2. The van der Waals surface area contributed by atoms with Crippen LogP contribution in [0.5, 0.6) is 0 Å². The van der Waals surface area contributed by atoms with E-state index in [1.165, 1.54) is 0 Å². The molecule has 4 rings (SSSR count). The molecule has 3 aromatic heterocycles. The molecule has 1 N–H and O–H groups in total. The topological polar surface area (TPSA) is 72.8 Å². The minimum atomic E-state index is -0.492. The van der Waals surface area contributed by atoms with E-state index in [-0.39, 0.29) is 6.61 Å². The minimum absolute atomic E-state index is 0.264. The highest BCUT2D eigenvalue weighted by Gasteiger charge is 2.12. The molecule has 0 aliphatic carbocycles. The van der Waals surface area contributed by atoms with Gasteiger partial charge in [-0.25, -0.2) is 19.3 Å². The summed E-state index contributed by atoms with van der Waals surface area (Å²) < 4.78 is 18.0. The zero-order valence-electron chi connectivity index (χ0n) is 16.2. The summed E-state index contributed by atoms with van der Waals surface area (Å²) in [6, 6.07) is 14.8. The number of pyridine rings is 2. The number of hydrogen-bond donors (Lipinski definition) is 1. The molecule has 7 heteroatoms. The second-order valence-electron chi connectivity index (χ2n) is 6.61. The van der Waals surface area contributed by atoms with Gasteiger partial charge in [-0.3, -0.25) is 4.98 Å². The lowest BCUT2D eigenvalue weighted by molar-refractivity contribution is 0.178. The Balaban J connectivity index is 1.79. The van der Waals surface area contributed by atoms with Gasteiger partial charge in [0.05, 0.1) is 16.8 Å². The van der Waals surface area contributed by atoms with Crippen LogP contribution in [0.15, 0.2) is 54.7 Å². The van der Waals surface area contributed by atoms with E-state index in [2.05, 4.69) is 20.3 Å². The molecule has 3 heterocycles. The van der Waals surface area contributed by atoms with Gasteiger partial charge < -0.3 is 10.1 Å². The lowest BCUT2D eigenvalue weighted by Crippen LogP contribution is -2.04. The van der Waals surface area contributed by atoms with Crippen LogP contribution in [0.4, 0.5) is 15.9 Å². The number of halogens is 1. The van der Waals surface area contributed by atoms with Crippen molar-refractivity contribution in [1.82, 2.24) is 19.9 Å². The van der Waals surface area contributed by atoms with Gasteiger partial charge in [-0.15, -0.1) is 0 Å². The fraction of sp³-hybridized carbons (Fsp3) is 0.182. The third-order valence-electron chi connectivity index (χ3n) is 4.50. The fourth-order valence-corrected chi connectivity index (χ4v) is 3.04. The first-order valence-corrected chi connectivity index (χ1v) is 9.18. The molecule has 0 atom stereocenters. The van der Waals surface area contributed by atoms with Crippen LogP contribution in [0.2, 0.25) is 0 Å².